The third-order valence-corrected chi connectivity index (χ3v) is 5.13. The lowest BCUT2D eigenvalue weighted by Gasteiger charge is -2.38. The van der Waals surface area contributed by atoms with Crippen molar-refractivity contribution in [2.45, 2.75) is 64.1 Å². The van der Waals surface area contributed by atoms with E-state index in [0.29, 0.717) is 12.1 Å². The molecule has 2 saturated heterocycles. The molecule has 1 atom stereocenters. The van der Waals surface area contributed by atoms with E-state index in [2.05, 4.69) is 24.1 Å². The Morgan fingerprint density at radius 2 is 1.94 bits per heavy atom. The molecule has 2 aliphatic heterocycles. The zero-order valence-electron chi connectivity index (χ0n) is 11.7. The van der Waals surface area contributed by atoms with E-state index in [1.165, 1.54) is 24.3 Å². The number of nitrogens with one attached hydrogen (secondary N) is 1. The van der Waals surface area contributed by atoms with Crippen molar-refractivity contribution in [1.82, 2.24) is 10.2 Å². The quantitative estimate of drug-likeness (QED) is 0.854. The molecule has 1 unspecified atom stereocenters. The molecule has 1 amide bonds. The number of rotatable bonds is 3. The largest absolute Gasteiger partial charge is 0.352 e. The van der Waals surface area contributed by atoms with Gasteiger partial charge in [0.05, 0.1) is 6.04 Å². The highest BCUT2D eigenvalue weighted by Gasteiger charge is 2.31. The standard InChI is InChI=1S/C14H26N2OS/c1-11(2)16-8-4-3-5-13(16)14(17)15-12-6-9-18-10-7-12/h11-13H,3-10H2,1-2H3,(H,15,17). The predicted octanol–water partition coefficient (Wildman–Crippen LogP) is 2.26. The lowest BCUT2D eigenvalue weighted by atomic mass is 9.99. The zero-order chi connectivity index (χ0) is 13.0. The van der Waals surface area contributed by atoms with Crippen LogP contribution in [0, 0.1) is 0 Å². The molecule has 1 N–H and O–H groups in total. The van der Waals surface area contributed by atoms with Gasteiger partial charge in [0, 0.05) is 12.1 Å². The van der Waals surface area contributed by atoms with E-state index in [9.17, 15) is 4.79 Å². The second-order valence-corrected chi connectivity index (χ2v) is 6.96. The first-order valence-electron chi connectivity index (χ1n) is 7.32. The third-order valence-electron chi connectivity index (χ3n) is 4.08. The van der Waals surface area contributed by atoms with Crippen LogP contribution in [0.2, 0.25) is 0 Å². The van der Waals surface area contributed by atoms with Gasteiger partial charge in [-0.25, -0.2) is 0 Å². The highest BCUT2D eigenvalue weighted by atomic mass is 32.2. The fourth-order valence-electron chi connectivity index (χ4n) is 2.99. The van der Waals surface area contributed by atoms with Gasteiger partial charge >= 0.3 is 0 Å². The maximum Gasteiger partial charge on any atom is 0.237 e. The molecule has 18 heavy (non-hydrogen) atoms. The van der Waals surface area contributed by atoms with Crippen LogP contribution in [0.4, 0.5) is 0 Å². The molecule has 0 aromatic rings. The second kappa shape index (κ2) is 6.80. The summed E-state index contributed by atoms with van der Waals surface area (Å²) in [6, 6.07) is 1.02. The Kier molecular flexibility index (Phi) is 5.37. The smallest absolute Gasteiger partial charge is 0.237 e. The van der Waals surface area contributed by atoms with Gasteiger partial charge < -0.3 is 5.32 Å². The van der Waals surface area contributed by atoms with Crippen molar-refractivity contribution in [1.29, 1.82) is 0 Å². The van der Waals surface area contributed by atoms with Crippen molar-refractivity contribution in [2.75, 3.05) is 18.1 Å². The van der Waals surface area contributed by atoms with Crippen LogP contribution in [-0.4, -0.2) is 47.0 Å². The molecule has 0 aliphatic carbocycles. The summed E-state index contributed by atoms with van der Waals surface area (Å²) in [5.41, 5.74) is 0. The summed E-state index contributed by atoms with van der Waals surface area (Å²) in [6.45, 7) is 5.47. The minimum Gasteiger partial charge on any atom is -0.352 e. The first kappa shape index (κ1) is 14.2. The molecule has 3 nitrogen and oxygen atoms in total. The minimum atomic E-state index is 0.119. The number of thioether (sulfide) groups is 1. The second-order valence-electron chi connectivity index (χ2n) is 5.74. The highest BCUT2D eigenvalue weighted by Crippen LogP contribution is 2.21. The van der Waals surface area contributed by atoms with E-state index < -0.39 is 0 Å². The van der Waals surface area contributed by atoms with Gasteiger partial charge in [0.25, 0.3) is 0 Å². The summed E-state index contributed by atoms with van der Waals surface area (Å²) in [7, 11) is 0. The summed E-state index contributed by atoms with van der Waals surface area (Å²) in [5, 5.41) is 3.28. The van der Waals surface area contributed by atoms with Crippen LogP contribution < -0.4 is 5.32 Å². The van der Waals surface area contributed by atoms with E-state index in [4.69, 9.17) is 0 Å². The predicted molar refractivity (Wildman–Crippen MR) is 78.0 cm³/mol. The van der Waals surface area contributed by atoms with Crippen LogP contribution in [0.15, 0.2) is 0 Å². The van der Waals surface area contributed by atoms with Crippen LogP contribution in [0.3, 0.4) is 0 Å². The third kappa shape index (κ3) is 3.64. The average molecular weight is 270 g/mol. The lowest BCUT2D eigenvalue weighted by Crippen LogP contribution is -2.54. The van der Waals surface area contributed by atoms with Crippen molar-refractivity contribution < 1.29 is 4.79 Å². The van der Waals surface area contributed by atoms with E-state index in [-0.39, 0.29) is 11.9 Å². The van der Waals surface area contributed by atoms with E-state index >= 15 is 0 Å². The highest BCUT2D eigenvalue weighted by molar-refractivity contribution is 7.99. The number of carbonyl (C=O) groups excluding carboxylic acids is 1. The first-order valence-corrected chi connectivity index (χ1v) is 8.48. The maximum absolute atomic E-state index is 12.4. The monoisotopic (exact) mass is 270 g/mol. The number of piperidine rings is 1. The zero-order valence-corrected chi connectivity index (χ0v) is 12.5. The van der Waals surface area contributed by atoms with Crippen molar-refractivity contribution in [3.63, 3.8) is 0 Å². The number of hydrogen-bond acceptors (Lipinski definition) is 3. The Morgan fingerprint density at radius 3 is 2.61 bits per heavy atom. The molecule has 0 saturated carbocycles. The van der Waals surface area contributed by atoms with Crippen molar-refractivity contribution >= 4 is 17.7 Å². The molecule has 0 aromatic heterocycles. The molecule has 2 aliphatic rings. The Balaban J connectivity index is 1.89. The van der Waals surface area contributed by atoms with Crippen molar-refractivity contribution in [3.8, 4) is 0 Å². The first-order chi connectivity index (χ1) is 8.68. The molecule has 2 fully saturated rings. The van der Waals surface area contributed by atoms with Gasteiger partial charge in [-0.15, -0.1) is 0 Å². The summed E-state index contributed by atoms with van der Waals surface area (Å²) >= 11 is 2.01. The minimum absolute atomic E-state index is 0.119. The molecule has 0 bridgehead atoms. The van der Waals surface area contributed by atoms with E-state index in [1.54, 1.807) is 0 Å². The van der Waals surface area contributed by atoms with Crippen LogP contribution in [0.25, 0.3) is 0 Å². The average Bonchev–Trinajstić information content (AvgIpc) is 2.40. The number of carbonyl (C=O) groups is 1. The maximum atomic E-state index is 12.4. The van der Waals surface area contributed by atoms with Crippen molar-refractivity contribution in [3.05, 3.63) is 0 Å². The molecule has 2 rings (SSSR count). The summed E-state index contributed by atoms with van der Waals surface area (Å²) in [4.78, 5) is 14.8. The van der Waals surface area contributed by atoms with Gasteiger partial charge in [0.2, 0.25) is 5.91 Å². The molecule has 0 radical (unpaired) electrons. The lowest BCUT2D eigenvalue weighted by molar-refractivity contribution is -0.129. The topological polar surface area (TPSA) is 32.3 Å². The molecule has 0 aromatic carbocycles. The van der Waals surface area contributed by atoms with Crippen molar-refractivity contribution in [2.24, 2.45) is 0 Å². The number of amides is 1. The van der Waals surface area contributed by atoms with Gasteiger partial charge in [-0.1, -0.05) is 6.42 Å². The van der Waals surface area contributed by atoms with E-state index in [1.807, 2.05) is 11.8 Å². The van der Waals surface area contributed by atoms with Crippen LogP contribution in [-0.2, 0) is 4.79 Å². The van der Waals surface area contributed by atoms with Crippen LogP contribution in [0.5, 0.6) is 0 Å². The Morgan fingerprint density at radius 1 is 1.22 bits per heavy atom. The van der Waals surface area contributed by atoms with Crippen LogP contribution >= 0.6 is 11.8 Å². The molecule has 4 heteroatoms. The molecule has 0 spiro atoms. The molecule has 2 heterocycles. The van der Waals surface area contributed by atoms with Crippen LogP contribution in [0.1, 0.15) is 46.0 Å². The van der Waals surface area contributed by atoms with Gasteiger partial charge in [-0.3, -0.25) is 9.69 Å². The Labute approximate surface area is 115 Å². The Hall–Kier alpha value is -0.220. The number of likely N-dealkylation sites (tertiary alicyclic amines) is 1. The fourth-order valence-corrected chi connectivity index (χ4v) is 4.10. The van der Waals surface area contributed by atoms with Gasteiger partial charge in [-0.2, -0.15) is 11.8 Å². The van der Waals surface area contributed by atoms with Gasteiger partial charge in [0.15, 0.2) is 0 Å². The molecular formula is C14H26N2OS. The number of nitrogens with zero attached hydrogens (tertiary/aromatic N) is 1. The van der Waals surface area contributed by atoms with E-state index in [0.717, 1.165) is 25.8 Å². The summed E-state index contributed by atoms with van der Waals surface area (Å²) in [5.74, 6) is 2.67. The SMILES string of the molecule is CC(C)N1CCCCC1C(=O)NC1CCSCC1. The van der Waals surface area contributed by atoms with Gasteiger partial charge in [-0.05, 0) is 57.6 Å². The normalized spacial score (nSPS) is 27.4. The summed E-state index contributed by atoms with van der Waals surface area (Å²) < 4.78 is 0. The summed E-state index contributed by atoms with van der Waals surface area (Å²) in [6.07, 6.45) is 5.75. The molecular weight excluding hydrogens is 244 g/mol. The Bertz CT molecular complexity index is 277. The fraction of sp³-hybridized carbons (Fsp3) is 0.929. The number of hydrogen-bond donors (Lipinski definition) is 1. The molecule has 104 valence electrons. The van der Waals surface area contributed by atoms with Gasteiger partial charge in [0.1, 0.15) is 0 Å².